The molecule has 0 saturated heterocycles. The van der Waals surface area contributed by atoms with Gasteiger partial charge in [0.2, 0.25) is 0 Å². The van der Waals surface area contributed by atoms with Gasteiger partial charge in [0.05, 0.1) is 20.8 Å². The highest BCUT2D eigenvalue weighted by Crippen LogP contribution is 2.32. The smallest absolute Gasteiger partial charge is 0.255 e. The SMILES string of the molecule is Cc1nccn1Cc1ccc(C(=O)Nc2cc(Cl)c(Cl)cc2Cl)cc1. The number of aryl methyl sites for hydroxylation is 1. The molecule has 0 bridgehead atoms. The molecule has 0 aliphatic carbocycles. The summed E-state index contributed by atoms with van der Waals surface area (Å²) in [6.45, 7) is 2.65. The summed E-state index contributed by atoms with van der Waals surface area (Å²) < 4.78 is 2.03. The first-order chi connectivity index (χ1) is 11.9. The molecule has 0 unspecified atom stereocenters. The van der Waals surface area contributed by atoms with Gasteiger partial charge in [0, 0.05) is 24.5 Å². The van der Waals surface area contributed by atoms with E-state index in [9.17, 15) is 4.79 Å². The summed E-state index contributed by atoms with van der Waals surface area (Å²) in [6, 6.07) is 10.4. The van der Waals surface area contributed by atoms with Crippen molar-refractivity contribution in [3.05, 3.63) is 80.8 Å². The van der Waals surface area contributed by atoms with Gasteiger partial charge in [0.1, 0.15) is 5.82 Å². The zero-order chi connectivity index (χ0) is 18.0. The molecular formula is C18H14Cl3N3O. The molecule has 0 spiro atoms. The molecule has 3 aromatic rings. The van der Waals surface area contributed by atoms with E-state index in [1.54, 1.807) is 18.3 Å². The van der Waals surface area contributed by atoms with Crippen LogP contribution in [0.4, 0.5) is 5.69 Å². The van der Waals surface area contributed by atoms with E-state index in [0.29, 0.717) is 32.9 Å². The predicted molar refractivity (Wildman–Crippen MR) is 102 cm³/mol. The average Bonchev–Trinajstić information content (AvgIpc) is 2.98. The number of rotatable bonds is 4. The van der Waals surface area contributed by atoms with Gasteiger partial charge in [0.15, 0.2) is 0 Å². The number of hydrogen-bond acceptors (Lipinski definition) is 2. The fourth-order valence-electron chi connectivity index (χ4n) is 2.34. The summed E-state index contributed by atoms with van der Waals surface area (Å²) in [6.07, 6.45) is 3.68. The number of carbonyl (C=O) groups excluding carboxylic acids is 1. The van der Waals surface area contributed by atoms with Crippen molar-refractivity contribution in [2.24, 2.45) is 0 Å². The fourth-order valence-corrected chi connectivity index (χ4v) is 2.94. The van der Waals surface area contributed by atoms with Crippen molar-refractivity contribution < 1.29 is 4.79 Å². The van der Waals surface area contributed by atoms with Crippen molar-refractivity contribution >= 4 is 46.4 Å². The first-order valence-corrected chi connectivity index (χ1v) is 8.60. The van der Waals surface area contributed by atoms with Gasteiger partial charge in [-0.05, 0) is 36.8 Å². The molecule has 7 heteroatoms. The van der Waals surface area contributed by atoms with Crippen molar-refractivity contribution in [2.75, 3.05) is 5.32 Å². The monoisotopic (exact) mass is 393 g/mol. The van der Waals surface area contributed by atoms with Gasteiger partial charge in [-0.3, -0.25) is 4.79 Å². The Kier molecular flexibility index (Phi) is 5.33. The molecule has 2 aromatic carbocycles. The number of nitrogens with one attached hydrogen (secondary N) is 1. The highest BCUT2D eigenvalue weighted by Gasteiger charge is 2.11. The molecule has 25 heavy (non-hydrogen) atoms. The van der Waals surface area contributed by atoms with Crippen LogP contribution in [0.2, 0.25) is 15.1 Å². The molecule has 0 aliphatic heterocycles. The molecule has 1 aromatic heterocycles. The Labute approximate surface area is 160 Å². The van der Waals surface area contributed by atoms with Crippen molar-refractivity contribution in [3.63, 3.8) is 0 Å². The highest BCUT2D eigenvalue weighted by molar-refractivity contribution is 6.44. The number of carbonyl (C=O) groups is 1. The van der Waals surface area contributed by atoms with Crippen LogP contribution in [0, 0.1) is 6.92 Å². The standard InChI is InChI=1S/C18H14Cl3N3O/c1-11-22-6-7-24(11)10-12-2-4-13(5-3-12)18(25)23-17-9-15(20)14(19)8-16(17)21/h2-9H,10H2,1H3,(H,23,25). The second-order valence-electron chi connectivity index (χ2n) is 5.50. The molecule has 1 N–H and O–H groups in total. The summed E-state index contributed by atoms with van der Waals surface area (Å²) in [5, 5.41) is 3.73. The lowest BCUT2D eigenvalue weighted by Crippen LogP contribution is -2.12. The zero-order valence-corrected chi connectivity index (χ0v) is 15.5. The number of amides is 1. The van der Waals surface area contributed by atoms with Crippen LogP contribution in [0.5, 0.6) is 0 Å². The predicted octanol–water partition coefficient (Wildman–Crippen LogP) is 5.45. The van der Waals surface area contributed by atoms with Crippen LogP contribution in [0.25, 0.3) is 0 Å². The van der Waals surface area contributed by atoms with E-state index in [1.807, 2.05) is 29.8 Å². The van der Waals surface area contributed by atoms with Gasteiger partial charge in [-0.25, -0.2) is 4.98 Å². The largest absolute Gasteiger partial charge is 0.331 e. The number of halogens is 3. The molecule has 0 fully saturated rings. The van der Waals surface area contributed by atoms with E-state index < -0.39 is 0 Å². The molecule has 1 heterocycles. The number of hydrogen-bond donors (Lipinski definition) is 1. The molecule has 4 nitrogen and oxygen atoms in total. The van der Waals surface area contributed by atoms with Crippen LogP contribution >= 0.6 is 34.8 Å². The Hall–Kier alpha value is -2.01. The highest BCUT2D eigenvalue weighted by atomic mass is 35.5. The van der Waals surface area contributed by atoms with Crippen LogP contribution in [-0.4, -0.2) is 15.5 Å². The van der Waals surface area contributed by atoms with Crippen molar-refractivity contribution in [2.45, 2.75) is 13.5 Å². The summed E-state index contributed by atoms with van der Waals surface area (Å²) in [7, 11) is 0. The van der Waals surface area contributed by atoms with E-state index in [2.05, 4.69) is 10.3 Å². The summed E-state index contributed by atoms with van der Waals surface area (Å²) in [5.41, 5.74) is 2.01. The van der Waals surface area contributed by atoms with Gasteiger partial charge < -0.3 is 9.88 Å². The van der Waals surface area contributed by atoms with Crippen molar-refractivity contribution in [1.29, 1.82) is 0 Å². The summed E-state index contributed by atoms with van der Waals surface area (Å²) in [4.78, 5) is 16.6. The zero-order valence-electron chi connectivity index (χ0n) is 13.3. The van der Waals surface area contributed by atoms with Crippen LogP contribution < -0.4 is 5.32 Å². The molecule has 3 rings (SSSR count). The Morgan fingerprint density at radius 3 is 2.40 bits per heavy atom. The topological polar surface area (TPSA) is 46.9 Å². The minimum absolute atomic E-state index is 0.273. The maximum Gasteiger partial charge on any atom is 0.255 e. The van der Waals surface area contributed by atoms with Gasteiger partial charge in [-0.1, -0.05) is 46.9 Å². The third kappa shape index (κ3) is 4.15. The fraction of sp³-hybridized carbons (Fsp3) is 0.111. The third-order valence-electron chi connectivity index (χ3n) is 3.75. The lowest BCUT2D eigenvalue weighted by molar-refractivity contribution is 0.102. The van der Waals surface area contributed by atoms with Gasteiger partial charge in [-0.2, -0.15) is 0 Å². The van der Waals surface area contributed by atoms with Crippen LogP contribution in [0.1, 0.15) is 21.7 Å². The molecular weight excluding hydrogens is 381 g/mol. The number of anilines is 1. The van der Waals surface area contributed by atoms with Gasteiger partial charge >= 0.3 is 0 Å². The first-order valence-electron chi connectivity index (χ1n) is 7.46. The van der Waals surface area contributed by atoms with E-state index in [4.69, 9.17) is 34.8 Å². The Morgan fingerprint density at radius 2 is 1.76 bits per heavy atom. The maximum atomic E-state index is 12.4. The summed E-state index contributed by atoms with van der Waals surface area (Å²) in [5.74, 6) is 0.668. The Balaban J connectivity index is 1.73. The van der Waals surface area contributed by atoms with E-state index in [0.717, 1.165) is 11.4 Å². The lowest BCUT2D eigenvalue weighted by atomic mass is 10.1. The molecule has 0 aliphatic rings. The Bertz CT molecular complexity index is 920. The Morgan fingerprint density at radius 1 is 1.08 bits per heavy atom. The van der Waals surface area contributed by atoms with Gasteiger partial charge in [-0.15, -0.1) is 0 Å². The van der Waals surface area contributed by atoms with E-state index >= 15 is 0 Å². The number of benzene rings is 2. The minimum atomic E-state index is -0.273. The summed E-state index contributed by atoms with van der Waals surface area (Å²) >= 11 is 17.9. The first kappa shape index (κ1) is 17.8. The van der Waals surface area contributed by atoms with Crippen LogP contribution in [0.3, 0.4) is 0 Å². The van der Waals surface area contributed by atoms with Crippen LogP contribution in [0.15, 0.2) is 48.8 Å². The average molecular weight is 395 g/mol. The molecule has 0 atom stereocenters. The normalized spacial score (nSPS) is 10.7. The maximum absolute atomic E-state index is 12.4. The van der Waals surface area contributed by atoms with Crippen molar-refractivity contribution in [1.82, 2.24) is 9.55 Å². The second kappa shape index (κ2) is 7.48. The lowest BCUT2D eigenvalue weighted by Gasteiger charge is -2.10. The minimum Gasteiger partial charge on any atom is -0.331 e. The van der Waals surface area contributed by atoms with Gasteiger partial charge in [0.25, 0.3) is 5.91 Å². The molecule has 0 radical (unpaired) electrons. The number of nitrogens with zero attached hydrogens (tertiary/aromatic N) is 2. The van der Waals surface area contributed by atoms with E-state index in [1.165, 1.54) is 12.1 Å². The number of aromatic nitrogens is 2. The third-order valence-corrected chi connectivity index (χ3v) is 4.79. The second-order valence-corrected chi connectivity index (χ2v) is 6.72. The van der Waals surface area contributed by atoms with Crippen LogP contribution in [-0.2, 0) is 6.54 Å². The molecule has 0 saturated carbocycles. The number of imidazole rings is 1. The molecule has 1 amide bonds. The van der Waals surface area contributed by atoms with Crippen molar-refractivity contribution in [3.8, 4) is 0 Å². The quantitative estimate of drug-likeness (QED) is 0.598. The van der Waals surface area contributed by atoms with E-state index in [-0.39, 0.29) is 5.91 Å². The molecule has 128 valence electrons.